The molecule has 4 nitrogen and oxygen atoms in total. The average molecular weight is 252 g/mol. The summed E-state index contributed by atoms with van der Waals surface area (Å²) in [6, 6.07) is 4.92. The number of anilines is 1. The molecule has 0 radical (unpaired) electrons. The van der Waals surface area contributed by atoms with Crippen molar-refractivity contribution in [3.63, 3.8) is 0 Å². The van der Waals surface area contributed by atoms with Crippen molar-refractivity contribution < 1.29 is 18.0 Å². The molecule has 1 amide bonds. The number of amides is 1. The Morgan fingerprint density at radius 2 is 2.17 bits per heavy atom. The highest BCUT2D eigenvalue weighted by molar-refractivity contribution is 5.95. The van der Waals surface area contributed by atoms with Crippen molar-refractivity contribution in [2.24, 2.45) is 0 Å². The average Bonchev–Trinajstić information content (AvgIpc) is 2.83. The third-order valence-corrected chi connectivity index (χ3v) is 2.31. The van der Waals surface area contributed by atoms with Gasteiger partial charge in [0.15, 0.2) is 5.82 Å². The summed E-state index contributed by atoms with van der Waals surface area (Å²) in [6.07, 6.45) is 1.45. The molecule has 0 atom stereocenters. The summed E-state index contributed by atoms with van der Waals surface area (Å²) >= 11 is 0. The summed E-state index contributed by atoms with van der Waals surface area (Å²) in [5.41, 5.74) is 4.40. The van der Waals surface area contributed by atoms with E-state index >= 15 is 0 Å². The second kappa shape index (κ2) is 4.87. The number of nitrogens with two attached hydrogens (primary N) is 1. The van der Waals surface area contributed by atoms with Crippen molar-refractivity contribution in [3.05, 3.63) is 53.5 Å². The number of carbonyl (C=O) groups is 1. The quantitative estimate of drug-likeness (QED) is 0.821. The highest BCUT2D eigenvalue weighted by atomic mass is 19.1. The topological polar surface area (TPSA) is 68.3 Å². The van der Waals surface area contributed by atoms with E-state index in [1.807, 2.05) is 0 Å². The lowest BCUT2D eigenvalue weighted by atomic mass is 10.1. The molecule has 1 aromatic carbocycles. The molecule has 3 N–H and O–H groups in total. The van der Waals surface area contributed by atoms with Crippen LogP contribution in [-0.4, -0.2) is 5.91 Å². The maximum Gasteiger partial charge on any atom is 0.254 e. The molecule has 0 aliphatic carbocycles. The molecule has 2 rings (SSSR count). The monoisotopic (exact) mass is 252 g/mol. The summed E-state index contributed by atoms with van der Waals surface area (Å²) in [5, 5.41) is 2.40. The zero-order chi connectivity index (χ0) is 13.1. The number of hydrogen-bond acceptors (Lipinski definition) is 3. The fourth-order valence-corrected chi connectivity index (χ4v) is 1.45. The van der Waals surface area contributed by atoms with Crippen molar-refractivity contribution in [2.45, 2.75) is 6.54 Å². The van der Waals surface area contributed by atoms with E-state index in [-0.39, 0.29) is 6.54 Å². The Balaban J connectivity index is 2.14. The molecule has 0 unspecified atom stereocenters. The van der Waals surface area contributed by atoms with Gasteiger partial charge in [0, 0.05) is 0 Å². The second-order valence-electron chi connectivity index (χ2n) is 3.62. The molecule has 0 spiro atoms. The molecular formula is C12H10F2N2O2. The Morgan fingerprint density at radius 3 is 2.83 bits per heavy atom. The molecule has 2 aromatic rings. The van der Waals surface area contributed by atoms with Crippen LogP contribution >= 0.6 is 0 Å². The minimum Gasteiger partial charge on any atom is -0.467 e. The number of carbonyl (C=O) groups excluding carboxylic acids is 1. The lowest BCUT2D eigenvalue weighted by Gasteiger charge is -2.06. The first-order valence-corrected chi connectivity index (χ1v) is 5.13. The minimum atomic E-state index is -0.937. The predicted molar refractivity (Wildman–Crippen MR) is 60.6 cm³/mol. The summed E-state index contributed by atoms with van der Waals surface area (Å²) in [4.78, 5) is 11.7. The highest BCUT2D eigenvalue weighted by Crippen LogP contribution is 2.17. The van der Waals surface area contributed by atoms with Crippen LogP contribution in [0.1, 0.15) is 16.1 Å². The summed E-state index contributed by atoms with van der Waals surface area (Å²) < 4.78 is 31.5. The zero-order valence-electron chi connectivity index (χ0n) is 9.24. The molecule has 1 heterocycles. The van der Waals surface area contributed by atoms with Crippen LogP contribution in [0.2, 0.25) is 0 Å². The number of nitrogen functional groups attached to an aromatic ring is 1. The van der Waals surface area contributed by atoms with Gasteiger partial charge < -0.3 is 15.5 Å². The van der Waals surface area contributed by atoms with Gasteiger partial charge in [-0.25, -0.2) is 8.78 Å². The Bertz CT molecular complexity index is 568. The predicted octanol–water partition coefficient (Wildman–Crippen LogP) is 2.07. The van der Waals surface area contributed by atoms with Gasteiger partial charge in [-0.05, 0) is 24.3 Å². The van der Waals surface area contributed by atoms with Crippen molar-refractivity contribution in [3.8, 4) is 0 Å². The van der Waals surface area contributed by atoms with E-state index in [2.05, 4.69) is 5.32 Å². The van der Waals surface area contributed by atoms with Crippen LogP contribution in [0, 0.1) is 11.6 Å². The van der Waals surface area contributed by atoms with Crippen molar-refractivity contribution in [1.29, 1.82) is 0 Å². The number of nitrogens with one attached hydrogen (secondary N) is 1. The number of benzene rings is 1. The van der Waals surface area contributed by atoms with E-state index in [1.165, 1.54) is 6.26 Å². The van der Waals surface area contributed by atoms with E-state index in [1.54, 1.807) is 12.1 Å². The maximum atomic E-state index is 13.5. The zero-order valence-corrected chi connectivity index (χ0v) is 9.24. The van der Waals surface area contributed by atoms with E-state index in [0.29, 0.717) is 5.76 Å². The Kier molecular flexibility index (Phi) is 3.27. The van der Waals surface area contributed by atoms with Gasteiger partial charge in [-0.3, -0.25) is 4.79 Å². The number of rotatable bonds is 3. The Hall–Kier alpha value is -2.37. The van der Waals surface area contributed by atoms with Crippen molar-refractivity contribution >= 4 is 11.6 Å². The molecule has 1 aromatic heterocycles. The number of hydrogen-bond donors (Lipinski definition) is 2. The second-order valence-corrected chi connectivity index (χ2v) is 3.62. The van der Waals surface area contributed by atoms with Crippen molar-refractivity contribution in [2.75, 3.05) is 5.73 Å². The van der Waals surface area contributed by atoms with Gasteiger partial charge >= 0.3 is 0 Å². The highest BCUT2D eigenvalue weighted by Gasteiger charge is 2.16. The van der Waals surface area contributed by atoms with Crippen LogP contribution in [-0.2, 0) is 6.54 Å². The Labute approximate surface area is 101 Å². The molecule has 0 aliphatic rings. The van der Waals surface area contributed by atoms with E-state index < -0.39 is 28.8 Å². The molecule has 0 aliphatic heterocycles. The fraction of sp³-hybridized carbons (Fsp3) is 0.0833. The molecule has 94 valence electrons. The van der Waals surface area contributed by atoms with Gasteiger partial charge in [0.05, 0.1) is 24.1 Å². The largest absolute Gasteiger partial charge is 0.467 e. The molecule has 0 fully saturated rings. The Morgan fingerprint density at radius 1 is 1.39 bits per heavy atom. The normalized spacial score (nSPS) is 10.3. The van der Waals surface area contributed by atoms with Gasteiger partial charge in [-0.15, -0.1) is 0 Å². The first kappa shape index (κ1) is 12.1. The third-order valence-electron chi connectivity index (χ3n) is 2.31. The maximum absolute atomic E-state index is 13.5. The molecule has 0 saturated carbocycles. The fourth-order valence-electron chi connectivity index (χ4n) is 1.45. The van der Waals surface area contributed by atoms with Crippen LogP contribution in [0.4, 0.5) is 14.5 Å². The van der Waals surface area contributed by atoms with Crippen LogP contribution in [0.3, 0.4) is 0 Å². The standard InChI is InChI=1S/C12H10F2N2O2/c13-7-4-9(11(14)10(15)5-7)12(17)16-6-8-2-1-3-18-8/h1-5H,6,15H2,(H,16,17). The number of furan rings is 1. The molecule has 0 bridgehead atoms. The lowest BCUT2D eigenvalue weighted by Crippen LogP contribution is -2.24. The summed E-state index contributed by atoms with van der Waals surface area (Å²) in [7, 11) is 0. The van der Waals surface area contributed by atoms with Gasteiger partial charge in [0.25, 0.3) is 5.91 Å². The molecule has 6 heteroatoms. The lowest BCUT2D eigenvalue weighted by molar-refractivity contribution is 0.0943. The minimum absolute atomic E-state index is 0.0850. The summed E-state index contributed by atoms with van der Waals surface area (Å²) in [5.74, 6) is -1.95. The first-order chi connectivity index (χ1) is 8.58. The van der Waals surface area contributed by atoms with Gasteiger partial charge in [0.2, 0.25) is 0 Å². The molecule has 0 saturated heterocycles. The van der Waals surface area contributed by atoms with Crippen LogP contribution in [0.5, 0.6) is 0 Å². The molecular weight excluding hydrogens is 242 g/mol. The van der Waals surface area contributed by atoms with Crippen molar-refractivity contribution in [1.82, 2.24) is 5.32 Å². The first-order valence-electron chi connectivity index (χ1n) is 5.13. The van der Waals surface area contributed by atoms with Crippen LogP contribution in [0.15, 0.2) is 34.9 Å². The van der Waals surface area contributed by atoms with E-state index in [0.717, 1.165) is 12.1 Å². The SMILES string of the molecule is Nc1cc(F)cc(C(=O)NCc2ccco2)c1F. The number of halogens is 2. The smallest absolute Gasteiger partial charge is 0.254 e. The van der Waals surface area contributed by atoms with Gasteiger partial charge in [-0.2, -0.15) is 0 Å². The van der Waals surface area contributed by atoms with Gasteiger partial charge in [-0.1, -0.05) is 0 Å². The van der Waals surface area contributed by atoms with E-state index in [9.17, 15) is 13.6 Å². The third kappa shape index (κ3) is 2.48. The van der Waals surface area contributed by atoms with Crippen LogP contribution < -0.4 is 11.1 Å². The van der Waals surface area contributed by atoms with Crippen LogP contribution in [0.25, 0.3) is 0 Å². The summed E-state index contributed by atoms with van der Waals surface area (Å²) in [6.45, 7) is 0.0850. The van der Waals surface area contributed by atoms with E-state index in [4.69, 9.17) is 10.2 Å². The molecule has 18 heavy (non-hydrogen) atoms. The van der Waals surface area contributed by atoms with Gasteiger partial charge in [0.1, 0.15) is 11.6 Å².